The van der Waals surface area contributed by atoms with Gasteiger partial charge >= 0.3 is 0 Å². The van der Waals surface area contributed by atoms with Crippen LogP contribution in [-0.2, 0) is 5.41 Å². The van der Waals surface area contributed by atoms with Crippen molar-refractivity contribution in [2.75, 3.05) is 0 Å². The molecule has 4 nitrogen and oxygen atoms in total. The lowest BCUT2D eigenvalue weighted by molar-refractivity contribution is 0.666. The number of para-hydroxylation sites is 1. The summed E-state index contributed by atoms with van der Waals surface area (Å²) in [4.78, 5) is 15.2. The molecule has 0 saturated carbocycles. The number of hydrogen-bond acceptors (Lipinski definition) is 3. The lowest BCUT2D eigenvalue weighted by Crippen LogP contribution is -2.15. The second-order valence-electron chi connectivity index (χ2n) is 14.1. The van der Waals surface area contributed by atoms with Crippen molar-refractivity contribution in [3.05, 3.63) is 181 Å². The summed E-state index contributed by atoms with van der Waals surface area (Å²) >= 11 is 0. The van der Waals surface area contributed by atoms with Crippen molar-refractivity contribution in [1.82, 2.24) is 19.5 Å². The molecule has 0 radical (unpaired) electrons. The maximum atomic E-state index is 5.14. The molecule has 0 atom stereocenters. The summed E-state index contributed by atoms with van der Waals surface area (Å²) in [6, 6.07) is 59.9. The first kappa shape index (κ1) is 30.2. The van der Waals surface area contributed by atoms with Crippen LogP contribution < -0.4 is 0 Å². The molecule has 9 aromatic rings. The minimum atomic E-state index is -0.130. The standard InChI is InChI=1S/C48H34N4/c1-48(2)40-25-11-9-23-37(40)38-27-28-42-43(44(38)48)39-24-10-12-26-41(39)52(42)36-22-14-21-35(30-36)47-50-45(32-17-7-4-8-18-32)49-46(51-47)34-20-13-19-33(29-34)31-15-5-3-6-16-31/h3-30H,1-2H3. The van der Waals surface area contributed by atoms with Gasteiger partial charge in [-0.05, 0) is 63.7 Å². The van der Waals surface area contributed by atoms with Crippen LogP contribution in [0.1, 0.15) is 25.0 Å². The second kappa shape index (κ2) is 11.7. The maximum absolute atomic E-state index is 5.14. The predicted molar refractivity (Wildman–Crippen MR) is 213 cm³/mol. The first-order valence-electron chi connectivity index (χ1n) is 17.8. The van der Waals surface area contributed by atoms with E-state index in [0.717, 1.165) is 33.5 Å². The molecule has 7 aromatic carbocycles. The van der Waals surface area contributed by atoms with Crippen molar-refractivity contribution in [3.8, 4) is 62.1 Å². The Morgan fingerprint density at radius 1 is 0.423 bits per heavy atom. The average Bonchev–Trinajstić information content (AvgIpc) is 3.67. The van der Waals surface area contributed by atoms with Crippen LogP contribution in [0.4, 0.5) is 0 Å². The van der Waals surface area contributed by atoms with E-state index in [2.05, 4.69) is 164 Å². The minimum Gasteiger partial charge on any atom is -0.309 e. The summed E-state index contributed by atoms with van der Waals surface area (Å²) in [5.74, 6) is 1.92. The molecule has 0 bridgehead atoms. The quantitative estimate of drug-likeness (QED) is 0.184. The Bertz CT molecular complexity index is 2810. The zero-order valence-electron chi connectivity index (χ0n) is 29.0. The maximum Gasteiger partial charge on any atom is 0.164 e. The van der Waals surface area contributed by atoms with Gasteiger partial charge in [0, 0.05) is 38.6 Å². The molecule has 4 heteroatoms. The first-order chi connectivity index (χ1) is 25.5. The molecule has 0 fully saturated rings. The van der Waals surface area contributed by atoms with Crippen LogP contribution >= 0.6 is 0 Å². The van der Waals surface area contributed by atoms with Gasteiger partial charge in [0.05, 0.1) is 11.0 Å². The van der Waals surface area contributed by atoms with Gasteiger partial charge in [-0.3, -0.25) is 0 Å². The molecule has 1 aliphatic rings. The third-order valence-corrected chi connectivity index (χ3v) is 10.6. The third-order valence-electron chi connectivity index (χ3n) is 10.6. The number of fused-ring (bicyclic) bond motifs is 7. The third kappa shape index (κ3) is 4.72. The Kier molecular flexibility index (Phi) is 6.80. The number of aromatic nitrogens is 4. The molecule has 0 unspecified atom stereocenters. The summed E-state index contributed by atoms with van der Waals surface area (Å²) in [7, 11) is 0. The number of rotatable bonds is 5. The summed E-state index contributed by atoms with van der Waals surface area (Å²) < 4.78 is 2.40. The summed E-state index contributed by atoms with van der Waals surface area (Å²) in [6.45, 7) is 4.73. The van der Waals surface area contributed by atoms with Crippen LogP contribution in [0.3, 0.4) is 0 Å². The topological polar surface area (TPSA) is 43.6 Å². The van der Waals surface area contributed by atoms with Crippen molar-refractivity contribution in [1.29, 1.82) is 0 Å². The van der Waals surface area contributed by atoms with Crippen LogP contribution in [0.15, 0.2) is 170 Å². The van der Waals surface area contributed by atoms with Gasteiger partial charge in [-0.15, -0.1) is 0 Å². The Balaban J connectivity index is 1.16. The first-order valence-corrected chi connectivity index (χ1v) is 17.8. The van der Waals surface area contributed by atoms with E-state index < -0.39 is 0 Å². The molecular formula is C48H34N4. The number of benzene rings is 7. The van der Waals surface area contributed by atoms with Gasteiger partial charge in [-0.1, -0.05) is 153 Å². The molecule has 0 saturated heterocycles. The van der Waals surface area contributed by atoms with Gasteiger partial charge in [0.25, 0.3) is 0 Å². The molecular weight excluding hydrogens is 633 g/mol. The zero-order valence-corrected chi connectivity index (χ0v) is 29.0. The van der Waals surface area contributed by atoms with Crippen molar-refractivity contribution in [2.24, 2.45) is 0 Å². The fourth-order valence-corrected chi connectivity index (χ4v) is 8.21. The van der Waals surface area contributed by atoms with E-state index >= 15 is 0 Å². The SMILES string of the molecule is CC1(C)c2ccccc2-c2ccc3c(c21)c1ccccc1n3-c1cccc(-c2nc(-c3ccccc3)nc(-c3cccc(-c4ccccc4)c3)n2)c1. The van der Waals surface area contributed by atoms with Crippen molar-refractivity contribution < 1.29 is 0 Å². The summed E-state index contributed by atoms with van der Waals surface area (Å²) in [5, 5.41) is 2.57. The van der Waals surface area contributed by atoms with Gasteiger partial charge in [-0.2, -0.15) is 0 Å². The van der Waals surface area contributed by atoms with Crippen molar-refractivity contribution in [2.45, 2.75) is 19.3 Å². The summed E-state index contributed by atoms with van der Waals surface area (Å²) in [5.41, 5.74) is 13.8. The van der Waals surface area contributed by atoms with Crippen LogP contribution in [0, 0.1) is 0 Å². The zero-order chi connectivity index (χ0) is 34.8. The van der Waals surface area contributed by atoms with Gasteiger partial charge in [0.2, 0.25) is 0 Å². The number of nitrogens with zero attached hydrogens (tertiary/aromatic N) is 4. The fourth-order valence-electron chi connectivity index (χ4n) is 8.21. The van der Waals surface area contributed by atoms with E-state index in [9.17, 15) is 0 Å². The van der Waals surface area contributed by atoms with E-state index in [1.165, 1.54) is 44.1 Å². The Morgan fingerprint density at radius 3 is 1.77 bits per heavy atom. The molecule has 0 N–H and O–H groups in total. The van der Waals surface area contributed by atoms with E-state index in [-0.39, 0.29) is 5.41 Å². The minimum absolute atomic E-state index is 0.130. The van der Waals surface area contributed by atoms with Gasteiger partial charge in [0.1, 0.15) is 0 Å². The van der Waals surface area contributed by atoms with Gasteiger partial charge in [-0.25, -0.2) is 15.0 Å². The predicted octanol–water partition coefficient (Wildman–Crippen LogP) is 11.9. The van der Waals surface area contributed by atoms with Crippen LogP contribution in [0.5, 0.6) is 0 Å². The molecule has 2 aromatic heterocycles. The summed E-state index contributed by atoms with van der Waals surface area (Å²) in [6.07, 6.45) is 0. The van der Waals surface area contributed by atoms with Gasteiger partial charge in [0.15, 0.2) is 17.5 Å². The molecule has 246 valence electrons. The fraction of sp³-hybridized carbons (Fsp3) is 0.0625. The lowest BCUT2D eigenvalue weighted by atomic mass is 9.80. The van der Waals surface area contributed by atoms with Crippen molar-refractivity contribution in [3.63, 3.8) is 0 Å². The van der Waals surface area contributed by atoms with Crippen LogP contribution in [0.25, 0.3) is 83.9 Å². The second-order valence-corrected chi connectivity index (χ2v) is 14.1. The Hall–Kier alpha value is -6.65. The lowest BCUT2D eigenvalue weighted by Gasteiger charge is -2.22. The highest BCUT2D eigenvalue weighted by molar-refractivity contribution is 6.14. The van der Waals surface area contributed by atoms with Crippen LogP contribution in [-0.4, -0.2) is 19.5 Å². The smallest absolute Gasteiger partial charge is 0.164 e. The highest BCUT2D eigenvalue weighted by atomic mass is 15.0. The molecule has 2 heterocycles. The molecule has 0 aliphatic heterocycles. The van der Waals surface area contributed by atoms with Crippen molar-refractivity contribution >= 4 is 21.8 Å². The average molecular weight is 667 g/mol. The van der Waals surface area contributed by atoms with E-state index in [0.29, 0.717) is 17.5 Å². The molecule has 10 rings (SSSR count). The van der Waals surface area contributed by atoms with E-state index in [4.69, 9.17) is 15.0 Å². The van der Waals surface area contributed by atoms with Crippen LogP contribution in [0.2, 0.25) is 0 Å². The number of hydrogen-bond donors (Lipinski definition) is 0. The Labute approximate surface area is 302 Å². The Morgan fingerprint density at radius 2 is 1.00 bits per heavy atom. The highest BCUT2D eigenvalue weighted by Crippen LogP contribution is 2.53. The largest absolute Gasteiger partial charge is 0.309 e. The molecule has 52 heavy (non-hydrogen) atoms. The molecule has 0 amide bonds. The molecule has 1 aliphatic carbocycles. The monoisotopic (exact) mass is 666 g/mol. The normalized spacial score (nSPS) is 13.0. The van der Waals surface area contributed by atoms with E-state index in [1.54, 1.807) is 0 Å². The highest BCUT2D eigenvalue weighted by Gasteiger charge is 2.38. The van der Waals surface area contributed by atoms with E-state index in [1.807, 2.05) is 24.3 Å². The van der Waals surface area contributed by atoms with Gasteiger partial charge < -0.3 is 4.57 Å². The molecule has 0 spiro atoms.